The predicted molar refractivity (Wildman–Crippen MR) is 58.1 cm³/mol. The molecule has 80 valence electrons. The molecule has 5 nitrogen and oxygen atoms in total. The van der Waals surface area contributed by atoms with Crippen molar-refractivity contribution in [2.75, 3.05) is 11.9 Å². The Morgan fingerprint density at radius 2 is 2.53 bits per heavy atom. The second kappa shape index (κ2) is 5.05. The molecular weight excluding hydrogens is 192 g/mol. The van der Waals surface area contributed by atoms with Gasteiger partial charge >= 0.3 is 0 Å². The van der Waals surface area contributed by atoms with E-state index >= 15 is 0 Å². The Morgan fingerprint density at radius 3 is 3.07 bits per heavy atom. The van der Waals surface area contributed by atoms with Gasteiger partial charge in [-0.1, -0.05) is 5.92 Å². The van der Waals surface area contributed by atoms with Gasteiger partial charge in [-0.2, -0.15) is 5.10 Å². The quantitative estimate of drug-likeness (QED) is 0.680. The smallest absolute Gasteiger partial charge is 0.242 e. The fraction of sp³-hybridized carbons (Fsp3) is 0.400. The van der Waals surface area contributed by atoms with Gasteiger partial charge in [-0.25, -0.2) is 0 Å². The van der Waals surface area contributed by atoms with Gasteiger partial charge in [-0.05, 0) is 6.92 Å². The molecule has 15 heavy (non-hydrogen) atoms. The minimum absolute atomic E-state index is 0.128. The van der Waals surface area contributed by atoms with Crippen LogP contribution in [0.4, 0.5) is 5.69 Å². The summed E-state index contributed by atoms with van der Waals surface area (Å²) in [6.45, 7) is 2.01. The summed E-state index contributed by atoms with van der Waals surface area (Å²) in [6.07, 6.45) is 8.49. The number of aryl methyl sites for hydroxylation is 1. The maximum absolute atomic E-state index is 11.4. The Morgan fingerprint density at radius 1 is 1.80 bits per heavy atom. The monoisotopic (exact) mass is 206 g/mol. The van der Waals surface area contributed by atoms with E-state index in [2.05, 4.69) is 21.7 Å². The molecule has 0 radical (unpaired) electrons. The van der Waals surface area contributed by atoms with E-state index in [1.165, 1.54) is 0 Å². The van der Waals surface area contributed by atoms with E-state index < -0.39 is 0 Å². The Hall–Kier alpha value is -1.96. The standard InChI is InChI=1S/C10H14N4O/c1-4-5-11-10(15)8(2)13-9-6-12-14(3)7-9/h1,6-8,13H,5H2,2-3H3,(H,11,15). The molecule has 0 aromatic carbocycles. The third-order valence-electron chi connectivity index (χ3n) is 1.85. The van der Waals surface area contributed by atoms with E-state index in [0.717, 1.165) is 5.69 Å². The van der Waals surface area contributed by atoms with Gasteiger partial charge in [0.1, 0.15) is 6.04 Å². The molecule has 5 heteroatoms. The highest BCUT2D eigenvalue weighted by molar-refractivity contribution is 5.84. The number of carbonyl (C=O) groups is 1. The molecule has 0 bridgehead atoms. The zero-order valence-corrected chi connectivity index (χ0v) is 8.82. The average molecular weight is 206 g/mol. The van der Waals surface area contributed by atoms with Gasteiger partial charge in [0, 0.05) is 13.2 Å². The first kappa shape index (κ1) is 11.1. The van der Waals surface area contributed by atoms with Crippen LogP contribution in [0.3, 0.4) is 0 Å². The second-order valence-corrected chi connectivity index (χ2v) is 3.19. The second-order valence-electron chi connectivity index (χ2n) is 3.19. The molecule has 1 heterocycles. The summed E-state index contributed by atoms with van der Waals surface area (Å²) in [4.78, 5) is 11.4. The minimum atomic E-state index is -0.331. The molecule has 1 atom stereocenters. The lowest BCUT2D eigenvalue weighted by molar-refractivity contribution is -0.121. The Bertz CT molecular complexity index is 377. The molecular formula is C10H14N4O. The normalized spacial score (nSPS) is 11.5. The van der Waals surface area contributed by atoms with Crippen molar-refractivity contribution in [3.05, 3.63) is 12.4 Å². The summed E-state index contributed by atoms with van der Waals surface area (Å²) in [7, 11) is 1.81. The number of carbonyl (C=O) groups excluding carboxylic acids is 1. The molecule has 0 saturated carbocycles. The van der Waals surface area contributed by atoms with Gasteiger partial charge < -0.3 is 10.6 Å². The molecule has 0 spiro atoms. The van der Waals surface area contributed by atoms with Crippen molar-refractivity contribution in [2.24, 2.45) is 7.05 Å². The van der Waals surface area contributed by atoms with Crippen molar-refractivity contribution in [1.82, 2.24) is 15.1 Å². The van der Waals surface area contributed by atoms with Crippen molar-refractivity contribution in [2.45, 2.75) is 13.0 Å². The first-order chi connectivity index (χ1) is 7.13. The largest absolute Gasteiger partial charge is 0.371 e. The van der Waals surface area contributed by atoms with Crippen molar-refractivity contribution < 1.29 is 4.79 Å². The number of hydrogen-bond acceptors (Lipinski definition) is 3. The zero-order chi connectivity index (χ0) is 11.3. The van der Waals surface area contributed by atoms with E-state index in [0.29, 0.717) is 0 Å². The van der Waals surface area contributed by atoms with Crippen LogP contribution in [0.5, 0.6) is 0 Å². The SMILES string of the molecule is C#CCNC(=O)C(C)Nc1cnn(C)c1. The van der Waals surface area contributed by atoms with Crippen molar-refractivity contribution >= 4 is 11.6 Å². The number of nitrogens with zero attached hydrogens (tertiary/aromatic N) is 2. The molecule has 0 saturated heterocycles. The fourth-order valence-electron chi connectivity index (χ4n) is 1.10. The number of nitrogens with one attached hydrogen (secondary N) is 2. The first-order valence-electron chi connectivity index (χ1n) is 4.60. The predicted octanol–water partition coefficient (Wildman–Crippen LogP) is -0.0301. The molecule has 0 aliphatic heterocycles. The van der Waals surface area contributed by atoms with Crippen LogP contribution in [-0.4, -0.2) is 28.3 Å². The summed E-state index contributed by atoms with van der Waals surface area (Å²) in [5.74, 6) is 2.22. The zero-order valence-electron chi connectivity index (χ0n) is 8.82. The maximum atomic E-state index is 11.4. The maximum Gasteiger partial charge on any atom is 0.242 e. The van der Waals surface area contributed by atoms with Gasteiger partial charge in [0.2, 0.25) is 5.91 Å². The summed E-state index contributed by atoms with van der Waals surface area (Å²) in [5.41, 5.74) is 0.806. The minimum Gasteiger partial charge on any atom is -0.371 e. The van der Waals surface area contributed by atoms with Gasteiger partial charge in [-0.3, -0.25) is 9.48 Å². The Balaban J connectivity index is 2.45. The van der Waals surface area contributed by atoms with E-state index in [9.17, 15) is 4.79 Å². The van der Waals surface area contributed by atoms with Crippen molar-refractivity contribution in [3.8, 4) is 12.3 Å². The summed E-state index contributed by atoms with van der Waals surface area (Å²) >= 11 is 0. The molecule has 1 amide bonds. The van der Waals surface area contributed by atoms with Crippen LogP contribution in [0, 0.1) is 12.3 Å². The molecule has 0 aliphatic rings. The van der Waals surface area contributed by atoms with Crippen LogP contribution < -0.4 is 10.6 Å². The molecule has 0 fully saturated rings. The van der Waals surface area contributed by atoms with Crippen LogP contribution in [0.15, 0.2) is 12.4 Å². The average Bonchev–Trinajstić information content (AvgIpc) is 2.60. The number of terminal acetylenes is 1. The highest BCUT2D eigenvalue weighted by atomic mass is 16.2. The van der Waals surface area contributed by atoms with Gasteiger partial charge in [0.05, 0.1) is 18.4 Å². The molecule has 0 aliphatic carbocycles. The Labute approximate surface area is 88.9 Å². The summed E-state index contributed by atoms with van der Waals surface area (Å²) < 4.78 is 1.66. The highest BCUT2D eigenvalue weighted by Crippen LogP contribution is 2.05. The first-order valence-corrected chi connectivity index (χ1v) is 4.60. The van der Waals surface area contributed by atoms with E-state index in [1.54, 1.807) is 24.0 Å². The lowest BCUT2D eigenvalue weighted by atomic mass is 10.3. The number of hydrogen-bond donors (Lipinski definition) is 2. The summed E-state index contributed by atoms with van der Waals surface area (Å²) in [5, 5.41) is 9.58. The van der Waals surface area contributed by atoms with Gasteiger partial charge in [0.25, 0.3) is 0 Å². The van der Waals surface area contributed by atoms with Crippen LogP contribution >= 0.6 is 0 Å². The number of rotatable bonds is 4. The van der Waals surface area contributed by atoms with Crippen LogP contribution in [0.25, 0.3) is 0 Å². The van der Waals surface area contributed by atoms with E-state index in [1.807, 2.05) is 7.05 Å². The number of amides is 1. The highest BCUT2D eigenvalue weighted by Gasteiger charge is 2.11. The molecule has 1 unspecified atom stereocenters. The van der Waals surface area contributed by atoms with Crippen LogP contribution in [0.1, 0.15) is 6.92 Å². The molecule has 2 N–H and O–H groups in total. The number of aromatic nitrogens is 2. The third-order valence-corrected chi connectivity index (χ3v) is 1.85. The fourth-order valence-corrected chi connectivity index (χ4v) is 1.10. The van der Waals surface area contributed by atoms with Crippen LogP contribution in [0.2, 0.25) is 0 Å². The molecule has 1 aromatic heterocycles. The lowest BCUT2D eigenvalue weighted by Gasteiger charge is -2.12. The summed E-state index contributed by atoms with van der Waals surface area (Å²) in [6, 6.07) is -0.331. The van der Waals surface area contributed by atoms with Crippen molar-refractivity contribution in [1.29, 1.82) is 0 Å². The lowest BCUT2D eigenvalue weighted by Crippen LogP contribution is -2.37. The van der Waals surface area contributed by atoms with Crippen molar-refractivity contribution in [3.63, 3.8) is 0 Å². The van der Waals surface area contributed by atoms with Crippen LogP contribution in [-0.2, 0) is 11.8 Å². The van der Waals surface area contributed by atoms with Gasteiger partial charge in [-0.15, -0.1) is 6.42 Å². The third kappa shape index (κ3) is 3.35. The Kier molecular flexibility index (Phi) is 3.75. The van der Waals surface area contributed by atoms with E-state index in [4.69, 9.17) is 6.42 Å². The topological polar surface area (TPSA) is 59.0 Å². The van der Waals surface area contributed by atoms with E-state index in [-0.39, 0.29) is 18.5 Å². The number of anilines is 1. The molecule has 1 aromatic rings. The molecule has 1 rings (SSSR count). The van der Waals surface area contributed by atoms with Gasteiger partial charge in [0.15, 0.2) is 0 Å².